The smallest absolute Gasteiger partial charge is 0.251 e. The minimum absolute atomic E-state index is 0.116. The zero-order valence-electron chi connectivity index (χ0n) is 26.5. The van der Waals surface area contributed by atoms with E-state index in [1.165, 1.54) is 0 Å². The Morgan fingerprint density at radius 3 is 2.54 bits per heavy atom. The summed E-state index contributed by atoms with van der Waals surface area (Å²) in [4.78, 5) is 40.8. The average Bonchev–Trinajstić information content (AvgIpc) is 3.35. The highest BCUT2D eigenvalue weighted by Crippen LogP contribution is 2.34. The fourth-order valence-electron chi connectivity index (χ4n) is 5.35. The summed E-state index contributed by atoms with van der Waals surface area (Å²) in [5.74, 6) is 1.68. The van der Waals surface area contributed by atoms with Crippen LogP contribution in [0.15, 0.2) is 71.7 Å². The first-order valence-corrected chi connectivity index (χ1v) is 18.8. The molecule has 12 heteroatoms. The number of aliphatic imine (C=N–C) groups is 1. The molecular weight excluding hydrogens is 620 g/mol. The van der Waals surface area contributed by atoms with E-state index in [9.17, 15) is 14.4 Å². The normalized spacial score (nSPS) is 14.0. The highest BCUT2D eigenvalue weighted by molar-refractivity contribution is 6.83. The van der Waals surface area contributed by atoms with Crippen LogP contribution in [0.2, 0.25) is 18.1 Å². The van der Waals surface area contributed by atoms with Gasteiger partial charge in [-0.2, -0.15) is 0 Å². The van der Waals surface area contributed by atoms with Crippen LogP contribution in [0, 0.1) is 6.92 Å². The molecule has 0 aliphatic carbocycles. The van der Waals surface area contributed by atoms with E-state index in [1.54, 1.807) is 18.2 Å². The van der Waals surface area contributed by atoms with Gasteiger partial charge in [0, 0.05) is 34.8 Å². The molecule has 1 unspecified atom stereocenters. The van der Waals surface area contributed by atoms with Gasteiger partial charge in [-0.25, -0.2) is 0 Å². The van der Waals surface area contributed by atoms with Gasteiger partial charge in [-0.05, 0) is 87.4 Å². The number of unbranched alkanes of at least 4 members (excludes halogenated alkanes) is 1. The van der Waals surface area contributed by atoms with Crippen molar-refractivity contribution < 1.29 is 19.1 Å². The van der Waals surface area contributed by atoms with Crippen molar-refractivity contribution in [1.82, 2.24) is 25.4 Å². The number of amides is 2. The van der Waals surface area contributed by atoms with Crippen LogP contribution < -0.4 is 20.6 Å². The standard InChI is InChI=1S/C34H39ClN6O4Si/c1-5-36-31(42)21-29-33-40-39-22(2)41(33)30-16-15-26(20-28(30)32(38-29)23-11-13-25(35)14-12-23)45-18-7-6-17-37-34(43)24-9-8-10-27(19-24)46(3,4)44/h8-16,19-20,29,44H,5-7,17-18,21H2,1-4H3,(H,36,42)(H,37,43). The summed E-state index contributed by atoms with van der Waals surface area (Å²) < 4.78 is 8.12. The van der Waals surface area contributed by atoms with Gasteiger partial charge < -0.3 is 20.2 Å². The topological polar surface area (TPSA) is 131 Å². The SMILES string of the molecule is CCNC(=O)CC1N=C(c2ccc(Cl)cc2)c2cc(OCCCCNC(=O)c3cccc([Si](C)(C)O)c3)ccc2-n2c(C)nnc21. The molecule has 0 saturated carbocycles. The van der Waals surface area contributed by atoms with Crippen LogP contribution in [0.25, 0.3) is 5.69 Å². The van der Waals surface area contributed by atoms with Gasteiger partial charge in [-0.1, -0.05) is 35.9 Å². The molecule has 0 saturated heterocycles. The van der Waals surface area contributed by atoms with Gasteiger partial charge in [0.15, 0.2) is 5.82 Å². The molecule has 0 spiro atoms. The number of nitrogens with zero attached hydrogens (tertiary/aromatic N) is 4. The summed E-state index contributed by atoms with van der Waals surface area (Å²) in [5.41, 5.74) is 3.77. The number of hydrogen-bond acceptors (Lipinski definition) is 7. The second-order valence-corrected chi connectivity index (χ2v) is 15.9. The van der Waals surface area contributed by atoms with E-state index in [0.717, 1.165) is 34.8 Å². The number of aryl methyl sites for hydroxylation is 1. The Hall–Kier alpha value is -4.32. The van der Waals surface area contributed by atoms with Crippen molar-refractivity contribution in [3.05, 3.63) is 100 Å². The van der Waals surface area contributed by atoms with E-state index in [4.69, 9.17) is 21.3 Å². The number of rotatable bonds is 12. The molecule has 0 bridgehead atoms. The summed E-state index contributed by atoms with van der Waals surface area (Å²) in [7, 11) is -2.49. The highest BCUT2D eigenvalue weighted by Gasteiger charge is 2.30. The van der Waals surface area contributed by atoms with Crippen molar-refractivity contribution in [1.29, 1.82) is 0 Å². The van der Waals surface area contributed by atoms with Gasteiger partial charge in [0.25, 0.3) is 5.91 Å². The molecule has 2 amide bonds. The number of fused-ring (bicyclic) bond motifs is 3. The molecule has 1 aliphatic heterocycles. The van der Waals surface area contributed by atoms with Gasteiger partial charge in [0.1, 0.15) is 17.6 Å². The Bertz CT molecular complexity index is 1750. The van der Waals surface area contributed by atoms with Crippen LogP contribution in [-0.2, 0) is 4.79 Å². The number of carbonyl (C=O) groups is 2. The lowest BCUT2D eigenvalue weighted by atomic mass is 10.00. The monoisotopic (exact) mass is 658 g/mol. The average molecular weight is 659 g/mol. The molecule has 1 aliphatic rings. The van der Waals surface area contributed by atoms with Gasteiger partial charge in [-0.3, -0.25) is 19.1 Å². The zero-order chi connectivity index (χ0) is 32.8. The number of aromatic nitrogens is 3. The minimum Gasteiger partial charge on any atom is -0.494 e. The van der Waals surface area contributed by atoms with Gasteiger partial charge >= 0.3 is 0 Å². The highest BCUT2D eigenvalue weighted by atomic mass is 35.5. The number of nitrogens with one attached hydrogen (secondary N) is 2. The van der Waals surface area contributed by atoms with E-state index in [1.807, 2.05) is 80.0 Å². The predicted octanol–water partition coefficient (Wildman–Crippen LogP) is 4.64. The second-order valence-electron chi connectivity index (χ2n) is 11.7. The molecule has 3 N–H and O–H groups in total. The number of benzene rings is 3. The molecule has 0 fully saturated rings. The number of hydrogen-bond donors (Lipinski definition) is 3. The van der Waals surface area contributed by atoms with Crippen molar-refractivity contribution in [3.63, 3.8) is 0 Å². The van der Waals surface area contributed by atoms with E-state index >= 15 is 0 Å². The molecule has 1 atom stereocenters. The Labute approximate surface area is 275 Å². The van der Waals surface area contributed by atoms with Crippen LogP contribution in [0.5, 0.6) is 5.75 Å². The summed E-state index contributed by atoms with van der Waals surface area (Å²) >= 11 is 6.22. The van der Waals surface area contributed by atoms with Crippen molar-refractivity contribution in [2.24, 2.45) is 4.99 Å². The van der Waals surface area contributed by atoms with E-state index < -0.39 is 14.4 Å². The predicted molar refractivity (Wildman–Crippen MR) is 182 cm³/mol. The first-order chi connectivity index (χ1) is 22.0. The third-order valence-electron chi connectivity index (χ3n) is 7.72. The third kappa shape index (κ3) is 7.72. The summed E-state index contributed by atoms with van der Waals surface area (Å²) in [6, 6.07) is 20.0. The molecule has 46 heavy (non-hydrogen) atoms. The molecule has 2 heterocycles. The summed E-state index contributed by atoms with van der Waals surface area (Å²) in [5, 5.41) is 16.0. The number of ether oxygens (including phenoxy) is 1. The van der Waals surface area contributed by atoms with Crippen LogP contribution in [0.1, 0.15) is 65.4 Å². The van der Waals surface area contributed by atoms with Crippen LogP contribution in [0.3, 0.4) is 0 Å². The fourth-order valence-corrected chi connectivity index (χ4v) is 6.49. The quantitative estimate of drug-likeness (QED) is 0.150. The Kier molecular flexibility index (Phi) is 10.3. The van der Waals surface area contributed by atoms with Crippen LogP contribution >= 0.6 is 11.6 Å². The van der Waals surface area contributed by atoms with Gasteiger partial charge in [0.05, 0.1) is 24.4 Å². The van der Waals surface area contributed by atoms with Crippen molar-refractivity contribution >= 4 is 42.6 Å². The Morgan fingerprint density at radius 1 is 1.02 bits per heavy atom. The van der Waals surface area contributed by atoms with Crippen molar-refractivity contribution in [2.75, 3.05) is 19.7 Å². The van der Waals surface area contributed by atoms with Crippen molar-refractivity contribution in [3.8, 4) is 11.4 Å². The lowest BCUT2D eigenvalue weighted by Crippen LogP contribution is -2.42. The largest absolute Gasteiger partial charge is 0.494 e. The second kappa shape index (κ2) is 14.4. The molecule has 10 nitrogen and oxygen atoms in total. The molecular formula is C34H39ClN6O4Si. The maximum atomic E-state index is 12.7. The molecule has 5 rings (SSSR count). The molecule has 4 aromatic rings. The maximum absolute atomic E-state index is 12.7. The van der Waals surface area contributed by atoms with E-state index in [-0.39, 0.29) is 18.2 Å². The maximum Gasteiger partial charge on any atom is 0.251 e. The molecule has 3 aromatic carbocycles. The Balaban J connectivity index is 1.31. The van der Waals surface area contributed by atoms with E-state index in [0.29, 0.717) is 53.4 Å². The fraction of sp³-hybridized carbons (Fsp3) is 0.324. The first kappa shape index (κ1) is 33.1. The van der Waals surface area contributed by atoms with Crippen LogP contribution in [-0.4, -0.2) is 65.1 Å². The molecule has 240 valence electrons. The van der Waals surface area contributed by atoms with Crippen molar-refractivity contribution in [2.45, 2.75) is 52.2 Å². The van der Waals surface area contributed by atoms with Crippen LogP contribution in [0.4, 0.5) is 0 Å². The van der Waals surface area contributed by atoms with Gasteiger partial charge in [-0.15, -0.1) is 10.2 Å². The van der Waals surface area contributed by atoms with E-state index in [2.05, 4.69) is 20.8 Å². The first-order valence-electron chi connectivity index (χ1n) is 15.5. The Morgan fingerprint density at radius 2 is 1.80 bits per heavy atom. The summed E-state index contributed by atoms with van der Waals surface area (Å²) in [6.07, 6.45) is 1.60. The number of carbonyl (C=O) groups excluding carboxylic acids is 2. The minimum atomic E-state index is -2.49. The zero-order valence-corrected chi connectivity index (χ0v) is 28.3. The third-order valence-corrected chi connectivity index (χ3v) is 9.70. The lowest BCUT2D eigenvalue weighted by Gasteiger charge is -2.15. The number of halogens is 1. The molecule has 1 aromatic heterocycles. The van der Waals surface area contributed by atoms with Gasteiger partial charge in [0.2, 0.25) is 14.2 Å². The molecule has 0 radical (unpaired) electrons. The summed E-state index contributed by atoms with van der Waals surface area (Å²) in [6.45, 7) is 8.91. The lowest BCUT2D eigenvalue weighted by molar-refractivity contribution is -0.121.